The van der Waals surface area contributed by atoms with Gasteiger partial charge in [0.05, 0.1) is 6.42 Å². The monoisotopic (exact) mass is 374 g/mol. The van der Waals surface area contributed by atoms with Gasteiger partial charge < -0.3 is 14.7 Å². The summed E-state index contributed by atoms with van der Waals surface area (Å²) in [5, 5.41) is 10.3. The normalized spacial score (nSPS) is 16.1. The Balaban J connectivity index is 1.64. The minimum absolute atomic E-state index is 0.0384. The molecule has 3 rings (SSSR count). The number of likely N-dealkylation sites (tertiary alicyclic amines) is 1. The van der Waals surface area contributed by atoms with E-state index in [1.54, 1.807) is 47.6 Å². The third-order valence-corrected chi connectivity index (χ3v) is 4.77. The summed E-state index contributed by atoms with van der Waals surface area (Å²) in [6, 6.07) is 10.2. The van der Waals surface area contributed by atoms with E-state index in [1.165, 1.54) is 0 Å². The number of piperidine rings is 1. The Labute approximate surface area is 156 Å². The maximum absolute atomic E-state index is 12.4. The summed E-state index contributed by atoms with van der Waals surface area (Å²) in [6.45, 7) is 0.665. The topological polar surface area (TPSA) is 79.7 Å². The number of carboxylic acids is 1. The second-order valence-electron chi connectivity index (χ2n) is 6.27. The van der Waals surface area contributed by atoms with Crippen molar-refractivity contribution in [3.05, 3.63) is 59.4 Å². The highest BCUT2D eigenvalue weighted by atomic mass is 35.5. The Morgan fingerprint density at radius 1 is 1.19 bits per heavy atom. The fourth-order valence-electron chi connectivity index (χ4n) is 2.99. The van der Waals surface area contributed by atoms with Crippen LogP contribution in [0.3, 0.4) is 0 Å². The Kier molecular flexibility index (Phi) is 5.42. The van der Waals surface area contributed by atoms with Crippen LogP contribution in [0.25, 0.3) is 0 Å². The number of hydrogen-bond acceptors (Lipinski definition) is 4. The van der Waals surface area contributed by atoms with Crippen LogP contribution in [0.2, 0.25) is 5.02 Å². The van der Waals surface area contributed by atoms with Gasteiger partial charge in [-0.1, -0.05) is 17.7 Å². The van der Waals surface area contributed by atoms with Gasteiger partial charge in [-0.05, 0) is 35.9 Å². The van der Waals surface area contributed by atoms with Gasteiger partial charge in [-0.25, -0.2) is 4.79 Å². The summed E-state index contributed by atoms with van der Waals surface area (Å²) in [7, 11) is 0. The number of amides is 1. The molecule has 1 aromatic carbocycles. The number of rotatable bonds is 5. The molecular weight excluding hydrogens is 356 g/mol. The highest BCUT2D eigenvalue weighted by Gasteiger charge is 2.44. The number of benzene rings is 1. The first-order chi connectivity index (χ1) is 12.5. The van der Waals surface area contributed by atoms with Gasteiger partial charge in [0, 0.05) is 43.3 Å². The molecule has 1 aromatic heterocycles. The lowest BCUT2D eigenvalue weighted by Gasteiger charge is -2.39. The fourth-order valence-corrected chi connectivity index (χ4v) is 3.12. The van der Waals surface area contributed by atoms with E-state index in [0.717, 1.165) is 5.56 Å². The van der Waals surface area contributed by atoms with Crippen LogP contribution in [-0.4, -0.2) is 45.6 Å². The van der Waals surface area contributed by atoms with Crippen LogP contribution in [-0.2, 0) is 16.0 Å². The average molecular weight is 375 g/mol. The number of carboxylic acid groups (broad SMARTS) is 1. The van der Waals surface area contributed by atoms with Crippen molar-refractivity contribution in [2.45, 2.75) is 24.9 Å². The predicted octanol–water partition coefficient (Wildman–Crippen LogP) is 2.80. The number of carbonyl (C=O) groups is 2. The summed E-state index contributed by atoms with van der Waals surface area (Å²) in [4.78, 5) is 30.0. The molecule has 0 spiro atoms. The quantitative estimate of drug-likeness (QED) is 0.870. The highest BCUT2D eigenvalue weighted by Crippen LogP contribution is 2.30. The lowest BCUT2D eigenvalue weighted by molar-refractivity contribution is -0.161. The van der Waals surface area contributed by atoms with Crippen LogP contribution in [0.5, 0.6) is 5.75 Å². The molecule has 1 aliphatic heterocycles. The standard InChI is InChI=1S/C19H19ClN2O4/c20-15-3-5-16(6-4-15)26-19(18(24)25)7-10-22(11-8-19)17(23)12-14-2-1-9-21-13-14/h1-6,9,13H,7-8,10-12H2,(H,24,25). The number of aromatic nitrogens is 1. The molecule has 0 saturated carbocycles. The van der Waals surface area contributed by atoms with Crippen molar-refractivity contribution < 1.29 is 19.4 Å². The maximum Gasteiger partial charge on any atom is 0.348 e. The Morgan fingerprint density at radius 3 is 2.46 bits per heavy atom. The van der Waals surface area contributed by atoms with Crippen LogP contribution in [0.4, 0.5) is 0 Å². The largest absolute Gasteiger partial charge is 0.478 e. The van der Waals surface area contributed by atoms with Crippen molar-refractivity contribution in [3.8, 4) is 5.75 Å². The van der Waals surface area contributed by atoms with E-state index in [0.29, 0.717) is 23.9 Å². The molecule has 1 fully saturated rings. The number of nitrogens with zero attached hydrogens (tertiary/aromatic N) is 2. The van der Waals surface area contributed by atoms with Crippen molar-refractivity contribution >= 4 is 23.5 Å². The highest BCUT2D eigenvalue weighted by molar-refractivity contribution is 6.30. The van der Waals surface area contributed by atoms with Crippen LogP contribution < -0.4 is 4.74 Å². The third kappa shape index (κ3) is 4.14. The maximum atomic E-state index is 12.4. The molecule has 1 amide bonds. The van der Waals surface area contributed by atoms with Crippen molar-refractivity contribution in [1.82, 2.24) is 9.88 Å². The summed E-state index contributed by atoms with van der Waals surface area (Å²) in [5.41, 5.74) is -0.496. The van der Waals surface area contributed by atoms with Crippen LogP contribution in [0.15, 0.2) is 48.8 Å². The van der Waals surface area contributed by atoms with Gasteiger partial charge in [0.2, 0.25) is 11.5 Å². The summed E-state index contributed by atoms with van der Waals surface area (Å²) < 4.78 is 5.80. The number of hydrogen-bond donors (Lipinski definition) is 1. The van der Waals surface area contributed by atoms with Gasteiger partial charge in [-0.3, -0.25) is 9.78 Å². The lowest BCUT2D eigenvalue weighted by Crippen LogP contribution is -2.54. The molecule has 1 saturated heterocycles. The van der Waals surface area contributed by atoms with E-state index in [4.69, 9.17) is 16.3 Å². The van der Waals surface area contributed by atoms with Gasteiger partial charge in [0.1, 0.15) is 5.75 Å². The second kappa shape index (κ2) is 7.74. The molecule has 1 aliphatic rings. The molecule has 2 aromatic rings. The summed E-state index contributed by atoms with van der Waals surface area (Å²) in [5.74, 6) is -0.609. The first-order valence-corrected chi connectivity index (χ1v) is 8.71. The zero-order valence-electron chi connectivity index (χ0n) is 14.1. The van der Waals surface area contributed by atoms with E-state index in [1.807, 2.05) is 6.07 Å². The predicted molar refractivity (Wildman–Crippen MR) is 96.2 cm³/mol. The molecule has 0 radical (unpaired) electrons. The van der Waals surface area contributed by atoms with Gasteiger partial charge in [-0.2, -0.15) is 0 Å². The molecule has 1 N–H and O–H groups in total. The number of aliphatic carboxylic acids is 1. The number of ether oxygens (including phenoxy) is 1. The van der Waals surface area contributed by atoms with Crippen molar-refractivity contribution in [3.63, 3.8) is 0 Å². The van der Waals surface area contributed by atoms with Crippen LogP contribution in [0.1, 0.15) is 18.4 Å². The van der Waals surface area contributed by atoms with E-state index >= 15 is 0 Å². The SMILES string of the molecule is O=C(Cc1cccnc1)N1CCC(Oc2ccc(Cl)cc2)(C(=O)O)CC1. The molecule has 2 heterocycles. The smallest absolute Gasteiger partial charge is 0.348 e. The van der Waals surface area contributed by atoms with Crippen LogP contribution in [0, 0.1) is 0 Å². The Bertz CT molecular complexity index is 772. The molecule has 0 bridgehead atoms. The van der Waals surface area contributed by atoms with E-state index in [-0.39, 0.29) is 25.2 Å². The molecule has 0 atom stereocenters. The summed E-state index contributed by atoms with van der Waals surface area (Å²) in [6.07, 6.45) is 4.02. The zero-order valence-corrected chi connectivity index (χ0v) is 14.9. The molecule has 6 nitrogen and oxygen atoms in total. The van der Waals surface area contributed by atoms with Crippen molar-refractivity contribution in [2.75, 3.05) is 13.1 Å². The van der Waals surface area contributed by atoms with Gasteiger partial charge in [0.15, 0.2) is 0 Å². The molecule has 0 aliphatic carbocycles. The number of carbonyl (C=O) groups excluding carboxylic acids is 1. The third-order valence-electron chi connectivity index (χ3n) is 4.52. The fraction of sp³-hybridized carbons (Fsp3) is 0.316. The molecule has 0 unspecified atom stereocenters. The first-order valence-electron chi connectivity index (χ1n) is 8.33. The number of pyridine rings is 1. The van der Waals surface area contributed by atoms with Gasteiger partial charge in [0.25, 0.3) is 0 Å². The number of halogens is 1. The van der Waals surface area contributed by atoms with Crippen molar-refractivity contribution in [1.29, 1.82) is 0 Å². The van der Waals surface area contributed by atoms with E-state index in [9.17, 15) is 14.7 Å². The average Bonchev–Trinajstić information content (AvgIpc) is 2.65. The minimum Gasteiger partial charge on any atom is -0.478 e. The van der Waals surface area contributed by atoms with Gasteiger partial charge >= 0.3 is 5.97 Å². The molecule has 136 valence electrons. The summed E-state index contributed by atoms with van der Waals surface area (Å²) >= 11 is 5.85. The van der Waals surface area contributed by atoms with Crippen LogP contribution >= 0.6 is 11.6 Å². The second-order valence-corrected chi connectivity index (χ2v) is 6.71. The molecular formula is C19H19ClN2O4. The van der Waals surface area contributed by atoms with E-state index < -0.39 is 11.6 Å². The van der Waals surface area contributed by atoms with Gasteiger partial charge in [-0.15, -0.1) is 0 Å². The van der Waals surface area contributed by atoms with E-state index in [2.05, 4.69) is 4.98 Å². The first kappa shape index (κ1) is 18.2. The zero-order chi connectivity index (χ0) is 18.6. The minimum atomic E-state index is -1.33. The Hall–Kier alpha value is -2.60. The molecule has 7 heteroatoms. The molecule has 26 heavy (non-hydrogen) atoms. The lowest BCUT2D eigenvalue weighted by atomic mass is 9.90. The Morgan fingerprint density at radius 2 is 1.88 bits per heavy atom. The van der Waals surface area contributed by atoms with Crippen molar-refractivity contribution in [2.24, 2.45) is 0 Å².